The number of carboxylic acid groups (broad SMARTS) is 1. The van der Waals surface area contributed by atoms with Gasteiger partial charge in [0.2, 0.25) is 0 Å². The van der Waals surface area contributed by atoms with Gasteiger partial charge < -0.3 is 24.1 Å². The fourth-order valence-corrected chi connectivity index (χ4v) is 1.48. The van der Waals surface area contributed by atoms with Crippen LogP contribution in [0.5, 0.6) is 11.5 Å². The van der Waals surface area contributed by atoms with Crippen LogP contribution in [0.1, 0.15) is 19.4 Å². The summed E-state index contributed by atoms with van der Waals surface area (Å²) in [5, 5.41) is 8.77. The Morgan fingerprint density at radius 3 is 2.00 bits per heavy atom. The largest absolute Gasteiger partial charge is 0.513 e. The van der Waals surface area contributed by atoms with Crippen LogP contribution in [0, 0.1) is 0 Å². The van der Waals surface area contributed by atoms with Crippen LogP contribution in [0.2, 0.25) is 0 Å². The van der Waals surface area contributed by atoms with Crippen molar-refractivity contribution in [3.8, 4) is 11.5 Å². The first-order valence-corrected chi connectivity index (χ1v) is 6.50. The van der Waals surface area contributed by atoms with E-state index < -0.39 is 18.3 Å². The molecule has 0 fully saturated rings. The third kappa shape index (κ3) is 5.70. The fraction of sp³-hybridized carbons (Fsp3) is 0.357. The molecule has 1 aromatic rings. The van der Waals surface area contributed by atoms with Gasteiger partial charge in [-0.2, -0.15) is 0 Å². The highest BCUT2D eigenvalue weighted by Gasteiger charge is 2.16. The summed E-state index contributed by atoms with van der Waals surface area (Å²) in [7, 11) is 0. The number of benzene rings is 1. The molecule has 1 N–H and O–H groups in total. The van der Waals surface area contributed by atoms with Crippen molar-refractivity contribution in [3.05, 3.63) is 23.8 Å². The quantitative estimate of drug-likeness (QED) is 0.630. The molecule has 0 aliphatic rings. The molecule has 0 saturated carbocycles. The Morgan fingerprint density at radius 2 is 1.50 bits per heavy atom. The minimum atomic E-state index is -1.05. The van der Waals surface area contributed by atoms with Crippen molar-refractivity contribution in [3.63, 3.8) is 0 Å². The van der Waals surface area contributed by atoms with Gasteiger partial charge >= 0.3 is 18.3 Å². The zero-order valence-electron chi connectivity index (χ0n) is 12.2. The molecule has 0 heterocycles. The van der Waals surface area contributed by atoms with Crippen molar-refractivity contribution in [2.75, 3.05) is 13.2 Å². The molecule has 22 heavy (non-hydrogen) atoms. The third-order valence-electron chi connectivity index (χ3n) is 2.27. The van der Waals surface area contributed by atoms with Crippen LogP contribution in [-0.2, 0) is 20.7 Å². The molecule has 0 atom stereocenters. The topological polar surface area (TPSA) is 108 Å². The Balaban J connectivity index is 2.99. The molecule has 0 aromatic heterocycles. The number of aliphatic carboxylic acids is 1. The van der Waals surface area contributed by atoms with Crippen molar-refractivity contribution in [2.24, 2.45) is 0 Å². The molecular formula is C14H16O8. The van der Waals surface area contributed by atoms with E-state index in [2.05, 4.69) is 9.47 Å². The first-order valence-electron chi connectivity index (χ1n) is 6.50. The molecular weight excluding hydrogens is 296 g/mol. The second-order valence-corrected chi connectivity index (χ2v) is 3.92. The van der Waals surface area contributed by atoms with Crippen molar-refractivity contribution in [2.45, 2.75) is 20.3 Å². The van der Waals surface area contributed by atoms with E-state index >= 15 is 0 Å². The number of carbonyl (C=O) groups excluding carboxylic acids is 2. The van der Waals surface area contributed by atoms with Crippen LogP contribution in [-0.4, -0.2) is 36.6 Å². The van der Waals surface area contributed by atoms with Gasteiger partial charge in [-0.25, -0.2) is 9.59 Å². The molecule has 8 nitrogen and oxygen atoms in total. The zero-order chi connectivity index (χ0) is 16.5. The van der Waals surface area contributed by atoms with Gasteiger partial charge in [-0.15, -0.1) is 0 Å². The Kier molecular flexibility index (Phi) is 6.68. The van der Waals surface area contributed by atoms with E-state index in [0.29, 0.717) is 5.56 Å². The van der Waals surface area contributed by atoms with E-state index in [-0.39, 0.29) is 31.1 Å². The van der Waals surface area contributed by atoms with Crippen molar-refractivity contribution in [1.29, 1.82) is 0 Å². The lowest BCUT2D eigenvalue weighted by molar-refractivity contribution is -0.136. The SMILES string of the molecule is CCOC(=O)Oc1ccc(CC(=O)O)cc1OC(=O)OCC. The average Bonchev–Trinajstić information content (AvgIpc) is 2.41. The van der Waals surface area contributed by atoms with Crippen molar-refractivity contribution >= 4 is 18.3 Å². The van der Waals surface area contributed by atoms with Crippen molar-refractivity contribution < 1.29 is 38.4 Å². The highest BCUT2D eigenvalue weighted by molar-refractivity contribution is 5.72. The Bertz CT molecular complexity index is 552. The lowest BCUT2D eigenvalue weighted by Crippen LogP contribution is -2.14. The Morgan fingerprint density at radius 1 is 0.955 bits per heavy atom. The summed E-state index contributed by atoms with van der Waals surface area (Å²) >= 11 is 0. The molecule has 0 aliphatic heterocycles. The molecule has 0 unspecified atom stereocenters. The number of carbonyl (C=O) groups is 3. The standard InChI is InChI=1S/C14H16O8/c1-3-19-13(17)21-10-6-5-9(8-12(15)16)7-11(10)22-14(18)20-4-2/h5-7H,3-4,8H2,1-2H3,(H,15,16). The van der Waals surface area contributed by atoms with Crippen LogP contribution in [0.25, 0.3) is 0 Å². The lowest BCUT2D eigenvalue weighted by Gasteiger charge is -2.11. The van der Waals surface area contributed by atoms with E-state index in [0.717, 1.165) is 0 Å². The van der Waals surface area contributed by atoms with Crippen LogP contribution in [0.4, 0.5) is 9.59 Å². The van der Waals surface area contributed by atoms with Gasteiger partial charge in [0.05, 0.1) is 19.6 Å². The normalized spacial score (nSPS) is 9.73. The predicted molar refractivity (Wildman–Crippen MR) is 73.1 cm³/mol. The second-order valence-electron chi connectivity index (χ2n) is 3.92. The lowest BCUT2D eigenvalue weighted by atomic mass is 10.1. The van der Waals surface area contributed by atoms with E-state index in [1.54, 1.807) is 13.8 Å². The Hall–Kier alpha value is -2.77. The summed E-state index contributed by atoms with van der Waals surface area (Å²) in [6.45, 7) is 3.41. The number of hydrogen-bond acceptors (Lipinski definition) is 7. The summed E-state index contributed by atoms with van der Waals surface area (Å²) in [4.78, 5) is 33.4. The number of hydrogen-bond donors (Lipinski definition) is 1. The first-order chi connectivity index (χ1) is 10.5. The minimum absolute atomic E-state index is 0.0827. The minimum Gasteiger partial charge on any atom is -0.481 e. The maximum atomic E-state index is 11.4. The van der Waals surface area contributed by atoms with E-state index in [1.165, 1.54) is 18.2 Å². The average molecular weight is 312 g/mol. The van der Waals surface area contributed by atoms with Crippen molar-refractivity contribution in [1.82, 2.24) is 0 Å². The second kappa shape index (κ2) is 8.50. The fourth-order valence-electron chi connectivity index (χ4n) is 1.48. The van der Waals surface area contributed by atoms with Gasteiger partial charge in [0, 0.05) is 0 Å². The molecule has 0 saturated heterocycles. The van der Waals surface area contributed by atoms with E-state index in [1.807, 2.05) is 0 Å². The highest BCUT2D eigenvalue weighted by atomic mass is 16.7. The molecule has 0 radical (unpaired) electrons. The highest BCUT2D eigenvalue weighted by Crippen LogP contribution is 2.29. The summed E-state index contributed by atoms with van der Waals surface area (Å²) in [6.07, 6.45) is -2.25. The molecule has 1 aromatic carbocycles. The smallest absolute Gasteiger partial charge is 0.481 e. The van der Waals surface area contributed by atoms with Gasteiger partial charge in [0.15, 0.2) is 11.5 Å². The molecule has 120 valence electrons. The van der Waals surface area contributed by atoms with Gasteiger partial charge in [0.25, 0.3) is 0 Å². The summed E-state index contributed by atoms with van der Waals surface area (Å²) in [5.74, 6) is -1.27. The maximum Gasteiger partial charge on any atom is 0.513 e. The summed E-state index contributed by atoms with van der Waals surface area (Å²) in [6, 6.07) is 4.02. The van der Waals surface area contributed by atoms with E-state index in [9.17, 15) is 14.4 Å². The maximum absolute atomic E-state index is 11.4. The van der Waals surface area contributed by atoms with Gasteiger partial charge in [0.1, 0.15) is 0 Å². The molecule has 0 spiro atoms. The molecule has 1 rings (SSSR count). The van der Waals surface area contributed by atoms with Gasteiger partial charge in [-0.3, -0.25) is 4.79 Å². The molecule has 0 aliphatic carbocycles. The summed E-state index contributed by atoms with van der Waals surface area (Å²) in [5.41, 5.74) is 0.364. The van der Waals surface area contributed by atoms with Crippen LogP contribution in [0.15, 0.2) is 18.2 Å². The molecule has 8 heteroatoms. The molecule has 0 bridgehead atoms. The van der Waals surface area contributed by atoms with Gasteiger partial charge in [-0.05, 0) is 31.5 Å². The van der Waals surface area contributed by atoms with Crippen LogP contribution < -0.4 is 9.47 Å². The first kappa shape index (κ1) is 17.3. The zero-order valence-corrected chi connectivity index (χ0v) is 12.2. The van der Waals surface area contributed by atoms with Crippen LogP contribution in [0.3, 0.4) is 0 Å². The number of ether oxygens (including phenoxy) is 4. The molecule has 0 amide bonds. The Labute approximate surface area is 126 Å². The summed E-state index contributed by atoms with van der Waals surface area (Å²) < 4.78 is 19.0. The monoisotopic (exact) mass is 312 g/mol. The third-order valence-corrected chi connectivity index (χ3v) is 2.27. The predicted octanol–water partition coefficient (Wildman–Crippen LogP) is 2.38. The number of carboxylic acids is 1. The number of rotatable bonds is 6. The van der Waals surface area contributed by atoms with Gasteiger partial charge in [-0.1, -0.05) is 6.07 Å². The van der Waals surface area contributed by atoms with Crippen LogP contribution >= 0.6 is 0 Å². The van der Waals surface area contributed by atoms with E-state index in [4.69, 9.17) is 14.6 Å².